The molecular weight excluding hydrogens is 342 g/mol. The van der Waals surface area contributed by atoms with Gasteiger partial charge >= 0.3 is 0 Å². The van der Waals surface area contributed by atoms with E-state index in [9.17, 15) is 8.42 Å². The minimum absolute atomic E-state index is 0.221. The van der Waals surface area contributed by atoms with E-state index in [0.29, 0.717) is 5.92 Å². The minimum Gasteiger partial charge on any atom is -0.492 e. The Bertz CT molecular complexity index is 756. The molecule has 0 saturated heterocycles. The lowest BCUT2D eigenvalue weighted by Gasteiger charge is -2.14. The zero-order valence-electron chi connectivity index (χ0n) is 14.2. The Morgan fingerprint density at radius 3 is 2.38 bits per heavy atom. The fraction of sp³-hybridized carbons (Fsp3) is 0.333. The van der Waals surface area contributed by atoms with Crippen molar-refractivity contribution in [3.63, 3.8) is 0 Å². The smallest absolute Gasteiger partial charge is 0.240 e. The van der Waals surface area contributed by atoms with Crippen LogP contribution in [0.2, 0.25) is 0 Å². The average molecular weight is 366 g/mol. The number of rotatable bonds is 8. The van der Waals surface area contributed by atoms with E-state index in [1.807, 2.05) is 30.5 Å². The summed E-state index contributed by atoms with van der Waals surface area (Å²) in [6.45, 7) is 4.71. The maximum absolute atomic E-state index is 12.2. The molecule has 0 aliphatic rings. The van der Waals surface area contributed by atoms with Gasteiger partial charge < -0.3 is 4.74 Å². The second-order valence-electron chi connectivity index (χ2n) is 5.61. The highest BCUT2D eigenvalue weighted by Crippen LogP contribution is 2.25. The summed E-state index contributed by atoms with van der Waals surface area (Å²) >= 11 is 1.58. The number of hydrogen-bond donors (Lipinski definition) is 1. The van der Waals surface area contributed by atoms with Crippen LogP contribution in [0.4, 0.5) is 0 Å². The first-order valence-corrected chi connectivity index (χ1v) is 10.5. The lowest BCUT2D eigenvalue weighted by molar-refractivity contribution is 0.318. The van der Waals surface area contributed by atoms with Crippen molar-refractivity contribution in [2.24, 2.45) is 0 Å². The Kier molecular flexibility index (Phi) is 6.71. The molecule has 0 spiro atoms. The first-order chi connectivity index (χ1) is 11.4. The summed E-state index contributed by atoms with van der Waals surface area (Å²) in [5.41, 5.74) is 1.12. The normalized spacial score (nSPS) is 11.7. The van der Waals surface area contributed by atoms with Gasteiger partial charge in [-0.2, -0.15) is 0 Å². The highest BCUT2D eigenvalue weighted by Gasteiger charge is 2.13. The van der Waals surface area contributed by atoms with Crippen molar-refractivity contribution in [2.45, 2.75) is 29.6 Å². The van der Waals surface area contributed by atoms with Gasteiger partial charge in [-0.3, -0.25) is 0 Å². The summed E-state index contributed by atoms with van der Waals surface area (Å²) in [4.78, 5) is 1.30. The van der Waals surface area contributed by atoms with Gasteiger partial charge in [0, 0.05) is 11.4 Å². The van der Waals surface area contributed by atoms with E-state index < -0.39 is 10.0 Å². The first-order valence-electron chi connectivity index (χ1n) is 7.79. The summed E-state index contributed by atoms with van der Waals surface area (Å²) in [6, 6.07) is 14.7. The van der Waals surface area contributed by atoms with Crippen molar-refractivity contribution in [1.82, 2.24) is 4.72 Å². The number of para-hydroxylation sites is 1. The van der Waals surface area contributed by atoms with Crippen LogP contribution in [0, 0.1) is 0 Å². The molecule has 6 heteroatoms. The molecule has 4 nitrogen and oxygen atoms in total. The van der Waals surface area contributed by atoms with Crippen molar-refractivity contribution in [3.05, 3.63) is 54.1 Å². The number of nitrogens with one attached hydrogen (secondary N) is 1. The zero-order chi connectivity index (χ0) is 17.6. The van der Waals surface area contributed by atoms with E-state index in [1.165, 1.54) is 0 Å². The summed E-state index contributed by atoms with van der Waals surface area (Å²) < 4.78 is 32.8. The van der Waals surface area contributed by atoms with Crippen LogP contribution in [0.5, 0.6) is 5.75 Å². The average Bonchev–Trinajstić information content (AvgIpc) is 2.59. The standard InChI is InChI=1S/C18H23NO3S2/c1-14(2)17-6-4-5-7-18(17)22-13-12-19-24(20,21)16-10-8-15(23-3)9-11-16/h4-11,14,19H,12-13H2,1-3H3. The molecule has 0 radical (unpaired) electrons. The molecule has 0 aliphatic carbocycles. The monoisotopic (exact) mass is 365 g/mol. The summed E-state index contributed by atoms with van der Waals surface area (Å²) in [5, 5.41) is 0. The molecule has 24 heavy (non-hydrogen) atoms. The van der Waals surface area contributed by atoms with Crippen LogP contribution in [0.1, 0.15) is 25.3 Å². The first kappa shape index (κ1) is 18.8. The van der Waals surface area contributed by atoms with Crippen LogP contribution in [0.25, 0.3) is 0 Å². The second kappa shape index (κ2) is 8.55. The van der Waals surface area contributed by atoms with Gasteiger partial charge in [-0.1, -0.05) is 32.0 Å². The predicted molar refractivity (Wildman–Crippen MR) is 99.4 cm³/mol. The van der Waals surface area contributed by atoms with E-state index >= 15 is 0 Å². The third kappa shape index (κ3) is 5.00. The molecule has 0 heterocycles. The Morgan fingerprint density at radius 1 is 1.08 bits per heavy atom. The number of ether oxygens (including phenoxy) is 1. The fourth-order valence-corrected chi connectivity index (χ4v) is 3.69. The lowest BCUT2D eigenvalue weighted by Crippen LogP contribution is -2.28. The largest absolute Gasteiger partial charge is 0.492 e. The van der Waals surface area contributed by atoms with Crippen LogP contribution >= 0.6 is 11.8 Å². The summed E-state index contributed by atoms with van der Waals surface area (Å²) in [7, 11) is -3.51. The van der Waals surface area contributed by atoms with Crippen molar-refractivity contribution in [1.29, 1.82) is 0 Å². The molecule has 0 saturated carbocycles. The number of sulfonamides is 1. The third-order valence-corrected chi connectivity index (χ3v) is 5.78. The fourth-order valence-electron chi connectivity index (χ4n) is 2.26. The van der Waals surface area contributed by atoms with Gasteiger partial charge in [-0.05, 0) is 48.1 Å². The Morgan fingerprint density at radius 2 is 1.75 bits per heavy atom. The maximum Gasteiger partial charge on any atom is 0.240 e. The van der Waals surface area contributed by atoms with E-state index in [1.54, 1.807) is 36.0 Å². The van der Waals surface area contributed by atoms with Gasteiger partial charge in [0.1, 0.15) is 12.4 Å². The van der Waals surface area contributed by atoms with Gasteiger partial charge in [0.2, 0.25) is 10.0 Å². The minimum atomic E-state index is -3.51. The van der Waals surface area contributed by atoms with Crippen LogP contribution in [-0.2, 0) is 10.0 Å². The molecule has 0 fully saturated rings. The van der Waals surface area contributed by atoms with Crippen LogP contribution < -0.4 is 9.46 Å². The SMILES string of the molecule is CSc1ccc(S(=O)(=O)NCCOc2ccccc2C(C)C)cc1. The molecule has 2 rings (SSSR count). The van der Waals surface area contributed by atoms with Crippen molar-refractivity contribution < 1.29 is 13.2 Å². The summed E-state index contributed by atoms with van der Waals surface area (Å²) in [5.74, 6) is 1.16. The van der Waals surface area contributed by atoms with E-state index in [-0.39, 0.29) is 18.0 Å². The Labute approximate surface area is 148 Å². The molecule has 0 unspecified atom stereocenters. The molecule has 0 bridgehead atoms. The second-order valence-corrected chi connectivity index (χ2v) is 8.26. The molecule has 2 aromatic carbocycles. The van der Waals surface area contributed by atoms with Gasteiger partial charge in [0.25, 0.3) is 0 Å². The van der Waals surface area contributed by atoms with Gasteiger partial charge in [-0.25, -0.2) is 13.1 Å². The molecule has 1 N–H and O–H groups in total. The number of thioether (sulfide) groups is 1. The maximum atomic E-state index is 12.2. The van der Waals surface area contributed by atoms with Crippen LogP contribution in [-0.4, -0.2) is 27.8 Å². The molecule has 0 aliphatic heterocycles. The molecule has 0 atom stereocenters. The quantitative estimate of drug-likeness (QED) is 0.570. The van der Waals surface area contributed by atoms with Crippen molar-refractivity contribution >= 4 is 21.8 Å². The highest BCUT2D eigenvalue weighted by molar-refractivity contribution is 7.98. The number of hydrogen-bond acceptors (Lipinski definition) is 4. The topological polar surface area (TPSA) is 55.4 Å². The molecule has 130 valence electrons. The molecular formula is C18H23NO3S2. The Hall–Kier alpha value is -1.50. The number of benzene rings is 2. The predicted octanol–water partition coefficient (Wildman–Crippen LogP) is 3.89. The van der Waals surface area contributed by atoms with Crippen LogP contribution in [0.15, 0.2) is 58.3 Å². The molecule has 0 aromatic heterocycles. The van der Waals surface area contributed by atoms with E-state index in [4.69, 9.17) is 4.74 Å². The van der Waals surface area contributed by atoms with Gasteiger partial charge in [0.15, 0.2) is 0 Å². The van der Waals surface area contributed by atoms with Gasteiger partial charge in [0.05, 0.1) is 4.90 Å². The zero-order valence-corrected chi connectivity index (χ0v) is 15.8. The lowest BCUT2D eigenvalue weighted by atomic mass is 10.0. The van der Waals surface area contributed by atoms with Crippen molar-refractivity contribution in [2.75, 3.05) is 19.4 Å². The molecule has 2 aromatic rings. The molecule has 0 amide bonds. The van der Waals surface area contributed by atoms with E-state index in [2.05, 4.69) is 18.6 Å². The highest BCUT2D eigenvalue weighted by atomic mass is 32.2. The van der Waals surface area contributed by atoms with E-state index in [0.717, 1.165) is 16.2 Å². The van der Waals surface area contributed by atoms with Crippen LogP contribution in [0.3, 0.4) is 0 Å². The van der Waals surface area contributed by atoms with Crippen molar-refractivity contribution in [3.8, 4) is 5.75 Å². The van der Waals surface area contributed by atoms with Gasteiger partial charge in [-0.15, -0.1) is 11.8 Å². The Balaban J connectivity index is 1.91. The summed E-state index contributed by atoms with van der Waals surface area (Å²) in [6.07, 6.45) is 1.95. The third-order valence-electron chi connectivity index (χ3n) is 3.56.